The summed E-state index contributed by atoms with van der Waals surface area (Å²) in [6.45, 7) is 3.94. The number of hydrogen-bond donors (Lipinski definition) is 1. The Morgan fingerprint density at radius 2 is 1.96 bits per heavy atom. The molecule has 0 aliphatic heterocycles. The fraction of sp³-hybridized carbons (Fsp3) is 0.167. The van der Waals surface area contributed by atoms with Gasteiger partial charge in [-0.15, -0.1) is 16.4 Å². The molecule has 0 radical (unpaired) electrons. The number of carbonyl (C=O) groups is 1. The first-order valence-corrected chi connectivity index (χ1v) is 8.90. The van der Waals surface area contributed by atoms with Gasteiger partial charge >= 0.3 is 0 Å². The number of carbonyl (C=O) groups excluding carboxylic acids is 1. The molecule has 4 rings (SSSR count). The number of nitrogens with zero attached hydrogens (tertiary/aromatic N) is 5. The van der Waals surface area contributed by atoms with Crippen molar-refractivity contribution in [3.05, 3.63) is 70.2 Å². The number of rotatable bonds is 4. The predicted octanol–water partition coefficient (Wildman–Crippen LogP) is 3.04. The maximum Gasteiger partial charge on any atom is 0.297 e. The van der Waals surface area contributed by atoms with Gasteiger partial charge in [0.15, 0.2) is 5.13 Å². The quantitative estimate of drug-likeness (QED) is 0.602. The van der Waals surface area contributed by atoms with Crippen molar-refractivity contribution in [3.8, 4) is 0 Å². The van der Waals surface area contributed by atoms with E-state index in [9.17, 15) is 4.79 Å². The van der Waals surface area contributed by atoms with Gasteiger partial charge in [-0.3, -0.25) is 10.1 Å². The Kier molecular flexibility index (Phi) is 4.18. The van der Waals surface area contributed by atoms with Gasteiger partial charge < -0.3 is 0 Å². The number of aromatic nitrogens is 5. The average molecular weight is 364 g/mol. The number of aryl methyl sites for hydroxylation is 2. The van der Waals surface area contributed by atoms with E-state index in [1.807, 2.05) is 13.0 Å². The molecule has 3 heterocycles. The van der Waals surface area contributed by atoms with Gasteiger partial charge in [-0.25, -0.2) is 14.5 Å². The summed E-state index contributed by atoms with van der Waals surface area (Å²) in [6.07, 6.45) is 4.20. The SMILES string of the molecule is Cc1ccc(Cc2cnc(NC(=O)c3nc4nccc(C)n4n3)s2)cc1. The highest BCUT2D eigenvalue weighted by atomic mass is 32.1. The second-order valence-electron chi connectivity index (χ2n) is 5.98. The first kappa shape index (κ1) is 16.3. The molecule has 3 aromatic heterocycles. The number of amides is 1. The van der Waals surface area contributed by atoms with Gasteiger partial charge in [-0.1, -0.05) is 29.8 Å². The first-order valence-electron chi connectivity index (χ1n) is 8.08. The van der Waals surface area contributed by atoms with Crippen molar-refractivity contribution in [3.63, 3.8) is 0 Å². The summed E-state index contributed by atoms with van der Waals surface area (Å²) in [7, 11) is 0. The largest absolute Gasteiger partial charge is 0.297 e. The van der Waals surface area contributed by atoms with Gasteiger partial charge in [0, 0.05) is 29.4 Å². The van der Waals surface area contributed by atoms with Crippen LogP contribution in [0.2, 0.25) is 0 Å². The highest BCUT2D eigenvalue weighted by Gasteiger charge is 2.16. The monoisotopic (exact) mass is 364 g/mol. The third kappa shape index (κ3) is 3.31. The van der Waals surface area contributed by atoms with Crippen LogP contribution in [0.4, 0.5) is 5.13 Å². The summed E-state index contributed by atoms with van der Waals surface area (Å²) in [5.41, 5.74) is 3.30. The lowest BCUT2D eigenvalue weighted by molar-refractivity contribution is 0.101. The normalized spacial score (nSPS) is 11.0. The molecular formula is C18H16N6OS. The molecule has 1 N–H and O–H groups in total. The smallest absolute Gasteiger partial charge is 0.295 e. The van der Waals surface area contributed by atoms with Crippen molar-refractivity contribution >= 4 is 28.2 Å². The van der Waals surface area contributed by atoms with E-state index in [2.05, 4.69) is 56.6 Å². The van der Waals surface area contributed by atoms with Crippen molar-refractivity contribution in [2.24, 2.45) is 0 Å². The van der Waals surface area contributed by atoms with Crippen LogP contribution >= 0.6 is 11.3 Å². The van der Waals surface area contributed by atoms with E-state index >= 15 is 0 Å². The molecular weight excluding hydrogens is 348 g/mol. The third-order valence-electron chi connectivity index (χ3n) is 3.91. The first-order chi connectivity index (χ1) is 12.6. The van der Waals surface area contributed by atoms with Crippen LogP contribution in [-0.4, -0.2) is 30.5 Å². The topological polar surface area (TPSA) is 85.1 Å². The molecule has 0 unspecified atom stereocenters. The second-order valence-corrected chi connectivity index (χ2v) is 7.10. The average Bonchev–Trinajstić information content (AvgIpc) is 3.25. The highest BCUT2D eigenvalue weighted by molar-refractivity contribution is 7.15. The number of nitrogens with one attached hydrogen (secondary N) is 1. The van der Waals surface area contributed by atoms with Crippen molar-refractivity contribution < 1.29 is 4.79 Å². The minimum absolute atomic E-state index is 0.0714. The van der Waals surface area contributed by atoms with Gasteiger partial charge in [-0.05, 0) is 25.5 Å². The van der Waals surface area contributed by atoms with Crippen LogP contribution in [0.5, 0.6) is 0 Å². The maximum atomic E-state index is 12.4. The van der Waals surface area contributed by atoms with Gasteiger partial charge in [0.25, 0.3) is 11.7 Å². The van der Waals surface area contributed by atoms with E-state index in [4.69, 9.17) is 0 Å². The third-order valence-corrected chi connectivity index (χ3v) is 4.82. The number of anilines is 1. The molecule has 26 heavy (non-hydrogen) atoms. The van der Waals surface area contributed by atoms with Crippen LogP contribution < -0.4 is 5.32 Å². The van der Waals surface area contributed by atoms with Crippen molar-refractivity contribution in [1.29, 1.82) is 0 Å². The zero-order chi connectivity index (χ0) is 18.1. The molecule has 0 aliphatic carbocycles. The van der Waals surface area contributed by atoms with E-state index in [1.54, 1.807) is 16.9 Å². The lowest BCUT2D eigenvalue weighted by Gasteiger charge is -1.99. The van der Waals surface area contributed by atoms with E-state index in [1.165, 1.54) is 22.5 Å². The Bertz CT molecular complexity index is 1080. The molecule has 130 valence electrons. The summed E-state index contributed by atoms with van der Waals surface area (Å²) in [5, 5.41) is 7.48. The lowest BCUT2D eigenvalue weighted by Crippen LogP contribution is -2.13. The summed E-state index contributed by atoms with van der Waals surface area (Å²) >= 11 is 1.44. The molecule has 8 heteroatoms. The summed E-state index contributed by atoms with van der Waals surface area (Å²) in [4.78, 5) is 26.0. The molecule has 0 aliphatic rings. The number of benzene rings is 1. The fourth-order valence-electron chi connectivity index (χ4n) is 2.51. The molecule has 0 fully saturated rings. The van der Waals surface area contributed by atoms with Crippen LogP contribution in [0.15, 0.2) is 42.7 Å². The van der Waals surface area contributed by atoms with E-state index in [0.717, 1.165) is 17.0 Å². The predicted molar refractivity (Wildman–Crippen MR) is 99.6 cm³/mol. The van der Waals surface area contributed by atoms with Crippen molar-refractivity contribution in [1.82, 2.24) is 24.6 Å². The Hall–Kier alpha value is -3.13. The fourth-order valence-corrected chi connectivity index (χ4v) is 3.35. The van der Waals surface area contributed by atoms with E-state index in [-0.39, 0.29) is 5.82 Å². The molecule has 0 saturated heterocycles. The Balaban J connectivity index is 1.48. The Labute approximate surface area is 153 Å². The molecule has 7 nitrogen and oxygen atoms in total. The van der Waals surface area contributed by atoms with Gasteiger partial charge in [0.1, 0.15) is 0 Å². The highest BCUT2D eigenvalue weighted by Crippen LogP contribution is 2.21. The lowest BCUT2D eigenvalue weighted by atomic mass is 10.1. The molecule has 4 aromatic rings. The van der Waals surface area contributed by atoms with Crippen LogP contribution in [0.25, 0.3) is 5.78 Å². The van der Waals surface area contributed by atoms with Crippen molar-refractivity contribution in [2.75, 3.05) is 5.32 Å². The Morgan fingerprint density at radius 1 is 1.15 bits per heavy atom. The summed E-state index contributed by atoms with van der Waals surface area (Å²) in [5.74, 6) is 0.0718. The van der Waals surface area contributed by atoms with Crippen LogP contribution in [0.3, 0.4) is 0 Å². The molecule has 0 bridgehead atoms. The zero-order valence-corrected chi connectivity index (χ0v) is 15.1. The zero-order valence-electron chi connectivity index (χ0n) is 14.3. The van der Waals surface area contributed by atoms with Crippen LogP contribution in [0, 0.1) is 13.8 Å². The van der Waals surface area contributed by atoms with E-state index in [0.29, 0.717) is 10.9 Å². The molecule has 0 saturated carbocycles. The maximum absolute atomic E-state index is 12.4. The summed E-state index contributed by atoms with van der Waals surface area (Å²) < 4.78 is 1.54. The van der Waals surface area contributed by atoms with Crippen molar-refractivity contribution in [2.45, 2.75) is 20.3 Å². The number of thiazole rings is 1. The molecule has 0 atom stereocenters. The van der Waals surface area contributed by atoms with Crippen LogP contribution in [0.1, 0.15) is 32.3 Å². The second kappa shape index (κ2) is 6.64. The van der Waals surface area contributed by atoms with E-state index < -0.39 is 5.91 Å². The minimum Gasteiger partial charge on any atom is -0.295 e. The summed E-state index contributed by atoms with van der Waals surface area (Å²) in [6, 6.07) is 10.2. The Morgan fingerprint density at radius 3 is 2.73 bits per heavy atom. The number of fused-ring (bicyclic) bond motifs is 1. The van der Waals surface area contributed by atoms with Gasteiger partial charge in [0.05, 0.1) is 0 Å². The standard InChI is InChI=1S/C18H16N6OS/c1-11-3-5-13(6-4-11)9-14-10-20-18(26-14)22-16(25)15-21-17-19-8-7-12(2)24(17)23-15/h3-8,10H,9H2,1-2H3,(H,20,22,25). The number of hydrogen-bond acceptors (Lipinski definition) is 6. The minimum atomic E-state index is -0.397. The molecule has 1 amide bonds. The van der Waals surface area contributed by atoms with Gasteiger partial charge in [0.2, 0.25) is 5.82 Å². The van der Waals surface area contributed by atoms with Crippen LogP contribution in [-0.2, 0) is 6.42 Å². The van der Waals surface area contributed by atoms with Gasteiger partial charge in [-0.2, -0.15) is 4.98 Å². The molecule has 0 spiro atoms. The molecule has 1 aromatic carbocycles.